The van der Waals surface area contributed by atoms with E-state index >= 15 is 0 Å². The van der Waals surface area contributed by atoms with Gasteiger partial charge in [0.15, 0.2) is 5.76 Å². The molecule has 1 aromatic heterocycles. The van der Waals surface area contributed by atoms with Gasteiger partial charge in [0.25, 0.3) is 0 Å². The minimum Gasteiger partial charge on any atom is -0.366 e. The molecule has 0 saturated carbocycles. The van der Waals surface area contributed by atoms with E-state index in [1.54, 1.807) is 0 Å². The Labute approximate surface area is 165 Å². The lowest BCUT2D eigenvalue weighted by Crippen LogP contribution is -2.14. The second kappa shape index (κ2) is 7.97. The average molecular weight is 382 g/mol. The molecule has 0 amide bonds. The van der Waals surface area contributed by atoms with Gasteiger partial charge < -0.3 is 9.42 Å². The highest BCUT2D eigenvalue weighted by Gasteiger charge is 2.15. The molecule has 2 aromatic carbocycles. The van der Waals surface area contributed by atoms with Crippen LogP contribution in [-0.4, -0.2) is 30.0 Å². The zero-order valence-electron chi connectivity index (χ0n) is 16.4. The molecule has 0 aliphatic carbocycles. The summed E-state index contributed by atoms with van der Waals surface area (Å²) in [7, 11) is 2.01. The summed E-state index contributed by atoms with van der Waals surface area (Å²) in [6.07, 6.45) is 1.86. The molecule has 5 heteroatoms. The van der Waals surface area contributed by atoms with E-state index in [9.17, 15) is 0 Å². The van der Waals surface area contributed by atoms with E-state index in [4.69, 9.17) is 16.1 Å². The van der Waals surface area contributed by atoms with Crippen LogP contribution in [0.1, 0.15) is 23.6 Å². The van der Waals surface area contributed by atoms with Crippen LogP contribution in [0.15, 0.2) is 45.9 Å². The van der Waals surface area contributed by atoms with Crippen LogP contribution >= 0.6 is 11.6 Å². The van der Waals surface area contributed by atoms with Gasteiger partial charge in [0, 0.05) is 30.8 Å². The molecule has 0 fully saturated rings. The first-order valence-electron chi connectivity index (χ1n) is 8.99. The molecule has 3 aromatic rings. The molecule has 0 atom stereocenters. The monoisotopic (exact) mass is 381 g/mol. The molecule has 0 saturated heterocycles. The van der Waals surface area contributed by atoms with Gasteiger partial charge in [-0.2, -0.15) is 0 Å². The van der Waals surface area contributed by atoms with E-state index in [0.29, 0.717) is 5.02 Å². The average Bonchev–Trinajstić information content (AvgIpc) is 3.11. The highest BCUT2D eigenvalue weighted by molar-refractivity contribution is 6.33. The third-order valence-electron chi connectivity index (χ3n) is 4.69. The fraction of sp³-hybridized carbons (Fsp3) is 0.273. The summed E-state index contributed by atoms with van der Waals surface area (Å²) in [5, 5.41) is 4.93. The van der Waals surface area contributed by atoms with Crippen molar-refractivity contribution in [3.05, 3.63) is 58.1 Å². The lowest BCUT2D eigenvalue weighted by atomic mass is 10.0. The van der Waals surface area contributed by atoms with Crippen LogP contribution in [0.4, 0.5) is 5.69 Å². The molecule has 0 unspecified atom stereocenters. The minimum absolute atomic E-state index is 0.674. The molecular formula is C22H24ClN3O. The summed E-state index contributed by atoms with van der Waals surface area (Å²) in [4.78, 5) is 6.62. The highest BCUT2D eigenvalue weighted by Crippen LogP contribution is 2.35. The molecular weight excluding hydrogens is 358 g/mol. The van der Waals surface area contributed by atoms with Gasteiger partial charge in [0.2, 0.25) is 0 Å². The summed E-state index contributed by atoms with van der Waals surface area (Å²) in [5.74, 6) is 0.728. The first-order chi connectivity index (χ1) is 12.9. The van der Waals surface area contributed by atoms with Crippen molar-refractivity contribution in [2.75, 3.05) is 13.6 Å². The highest BCUT2D eigenvalue weighted by atomic mass is 35.5. The minimum atomic E-state index is 0.674. The van der Waals surface area contributed by atoms with Crippen molar-refractivity contribution < 1.29 is 4.52 Å². The molecule has 0 aliphatic rings. The fourth-order valence-electron chi connectivity index (χ4n) is 2.92. The summed E-state index contributed by atoms with van der Waals surface area (Å²) < 4.78 is 5.65. The van der Waals surface area contributed by atoms with Crippen LogP contribution in [0, 0.1) is 20.8 Å². The van der Waals surface area contributed by atoms with Crippen molar-refractivity contribution in [1.29, 1.82) is 0 Å². The number of benzene rings is 2. The van der Waals surface area contributed by atoms with Gasteiger partial charge in [-0.05, 0) is 62.6 Å². The van der Waals surface area contributed by atoms with E-state index in [2.05, 4.69) is 43.1 Å². The van der Waals surface area contributed by atoms with Gasteiger partial charge in [-0.3, -0.25) is 0 Å². The largest absolute Gasteiger partial charge is 0.366 e. The van der Waals surface area contributed by atoms with Crippen LogP contribution in [0.5, 0.6) is 0 Å². The molecule has 0 spiro atoms. The lowest BCUT2D eigenvalue weighted by molar-refractivity contribution is 0.434. The van der Waals surface area contributed by atoms with E-state index in [-0.39, 0.29) is 0 Å². The number of aliphatic imine (C=N–C) groups is 1. The Hall–Kier alpha value is -2.59. The predicted octanol–water partition coefficient (Wildman–Crippen LogP) is 6.20. The summed E-state index contributed by atoms with van der Waals surface area (Å²) in [6, 6.07) is 11.9. The first kappa shape index (κ1) is 19.2. The number of hydrogen-bond donors (Lipinski definition) is 0. The molecule has 140 valence electrons. The van der Waals surface area contributed by atoms with Crippen LogP contribution < -0.4 is 0 Å². The summed E-state index contributed by atoms with van der Waals surface area (Å²) in [6.45, 7) is 9.14. The Morgan fingerprint density at radius 2 is 1.89 bits per heavy atom. The van der Waals surface area contributed by atoms with E-state index in [1.165, 1.54) is 0 Å². The Kier molecular flexibility index (Phi) is 5.66. The molecule has 0 aliphatic heterocycles. The lowest BCUT2D eigenvalue weighted by Gasteiger charge is -2.10. The molecule has 0 radical (unpaired) electrons. The number of halogens is 1. The SMILES string of the molecule is CCN(C)/C=N\c1cc(C)c(-c2cc(-c3c(C)cccc3Cl)no2)cc1C. The Balaban J connectivity index is 1.98. The maximum Gasteiger partial charge on any atom is 0.167 e. The molecule has 0 bridgehead atoms. The summed E-state index contributed by atoms with van der Waals surface area (Å²) >= 11 is 6.37. The van der Waals surface area contributed by atoms with Crippen molar-refractivity contribution in [1.82, 2.24) is 10.1 Å². The van der Waals surface area contributed by atoms with Gasteiger partial charge in [-0.15, -0.1) is 0 Å². The Bertz CT molecular complexity index is 971. The maximum absolute atomic E-state index is 6.37. The molecule has 4 nitrogen and oxygen atoms in total. The van der Waals surface area contributed by atoms with E-state index in [0.717, 1.165) is 51.5 Å². The molecule has 0 N–H and O–H groups in total. The third-order valence-corrected chi connectivity index (χ3v) is 5.00. The number of aryl methyl sites for hydroxylation is 3. The van der Waals surface area contributed by atoms with Crippen molar-refractivity contribution in [3.8, 4) is 22.6 Å². The van der Waals surface area contributed by atoms with Gasteiger partial charge in [-0.1, -0.05) is 28.9 Å². The zero-order valence-corrected chi connectivity index (χ0v) is 17.1. The summed E-state index contributed by atoms with van der Waals surface area (Å²) in [5.41, 5.74) is 6.87. The van der Waals surface area contributed by atoms with Gasteiger partial charge >= 0.3 is 0 Å². The second-order valence-corrected chi connectivity index (χ2v) is 7.19. The maximum atomic E-state index is 6.37. The van der Waals surface area contributed by atoms with Crippen LogP contribution in [0.25, 0.3) is 22.6 Å². The van der Waals surface area contributed by atoms with Crippen molar-refractivity contribution in [2.24, 2.45) is 4.99 Å². The van der Waals surface area contributed by atoms with Crippen molar-refractivity contribution in [3.63, 3.8) is 0 Å². The second-order valence-electron chi connectivity index (χ2n) is 6.78. The smallest absolute Gasteiger partial charge is 0.167 e. The number of aromatic nitrogens is 1. The number of rotatable bonds is 5. The predicted molar refractivity (Wildman–Crippen MR) is 113 cm³/mol. The van der Waals surface area contributed by atoms with Crippen molar-refractivity contribution >= 4 is 23.6 Å². The normalized spacial score (nSPS) is 11.3. The number of hydrogen-bond acceptors (Lipinski definition) is 3. The van der Waals surface area contributed by atoms with Crippen LogP contribution in [0.3, 0.4) is 0 Å². The zero-order chi connectivity index (χ0) is 19.6. The molecule has 27 heavy (non-hydrogen) atoms. The van der Waals surface area contributed by atoms with Gasteiger partial charge in [0.1, 0.15) is 5.69 Å². The van der Waals surface area contributed by atoms with E-state index < -0.39 is 0 Å². The Morgan fingerprint density at radius 3 is 2.59 bits per heavy atom. The quantitative estimate of drug-likeness (QED) is 0.390. The molecule has 3 rings (SSSR count). The van der Waals surface area contributed by atoms with Gasteiger partial charge in [0.05, 0.1) is 17.0 Å². The third kappa shape index (κ3) is 4.06. The molecule has 1 heterocycles. The topological polar surface area (TPSA) is 41.6 Å². The standard InChI is InChI=1S/C22H24ClN3O/c1-6-26(5)13-24-19-11-15(3)17(10-16(19)4)21-12-20(25-27-21)22-14(2)8-7-9-18(22)23/h7-13H,6H2,1-5H3/b24-13-. The van der Waals surface area contributed by atoms with Crippen LogP contribution in [-0.2, 0) is 0 Å². The van der Waals surface area contributed by atoms with Gasteiger partial charge in [-0.25, -0.2) is 4.99 Å². The van der Waals surface area contributed by atoms with Crippen LogP contribution in [0.2, 0.25) is 5.02 Å². The Morgan fingerprint density at radius 1 is 1.11 bits per heavy atom. The fourth-order valence-corrected chi connectivity index (χ4v) is 3.24. The first-order valence-corrected chi connectivity index (χ1v) is 9.36. The van der Waals surface area contributed by atoms with E-state index in [1.807, 2.05) is 49.5 Å². The number of nitrogens with zero attached hydrogens (tertiary/aromatic N) is 3. The van der Waals surface area contributed by atoms with Crippen molar-refractivity contribution in [2.45, 2.75) is 27.7 Å².